The molecule has 0 aliphatic carbocycles. The van der Waals surface area contributed by atoms with Crippen molar-refractivity contribution in [3.8, 4) is 0 Å². The van der Waals surface area contributed by atoms with Crippen LogP contribution in [0.2, 0.25) is 0 Å². The minimum absolute atomic E-state index is 0.00387. The van der Waals surface area contributed by atoms with Crippen molar-refractivity contribution in [2.75, 3.05) is 39.3 Å². The van der Waals surface area contributed by atoms with Gasteiger partial charge in [0.1, 0.15) is 0 Å². The number of piperidine rings is 1. The quantitative estimate of drug-likeness (QED) is 0.565. The topological polar surface area (TPSA) is 60.9 Å². The van der Waals surface area contributed by atoms with E-state index in [-0.39, 0.29) is 23.6 Å². The van der Waals surface area contributed by atoms with Gasteiger partial charge in [-0.15, -0.1) is 0 Å². The summed E-state index contributed by atoms with van der Waals surface area (Å²) < 4.78 is 0. The fourth-order valence-electron chi connectivity index (χ4n) is 5.37. The van der Waals surface area contributed by atoms with Gasteiger partial charge in [0.05, 0.1) is 12.3 Å². The lowest BCUT2D eigenvalue weighted by Gasteiger charge is -2.39. The first-order valence-electron chi connectivity index (χ1n) is 12.9. The Morgan fingerprint density at radius 2 is 1.47 bits per heavy atom. The molecule has 36 heavy (non-hydrogen) atoms. The number of hydrogen-bond acceptors (Lipinski definition) is 3. The summed E-state index contributed by atoms with van der Waals surface area (Å²) in [6, 6.07) is 21.8. The maximum absolute atomic E-state index is 13.4. The molecule has 186 valence electrons. The Kier molecular flexibility index (Phi) is 7.03. The minimum atomic E-state index is -0.188. The second-order valence-corrected chi connectivity index (χ2v) is 9.99. The monoisotopic (exact) mass is 483 g/mol. The van der Waals surface area contributed by atoms with E-state index >= 15 is 0 Å². The number of likely N-dealkylation sites (tertiary alicyclic amines) is 1. The lowest BCUT2D eigenvalue weighted by atomic mass is 9.95. The maximum Gasteiger partial charge on any atom is 0.254 e. The van der Waals surface area contributed by atoms with Crippen LogP contribution in [0.1, 0.15) is 34.3 Å². The van der Waals surface area contributed by atoms with Crippen molar-refractivity contribution in [2.45, 2.75) is 26.2 Å². The zero-order valence-electron chi connectivity index (χ0n) is 20.9. The van der Waals surface area contributed by atoms with E-state index in [4.69, 9.17) is 0 Å². The van der Waals surface area contributed by atoms with Gasteiger partial charge >= 0.3 is 0 Å². The Labute approximate surface area is 212 Å². The Morgan fingerprint density at radius 3 is 2.25 bits per heavy atom. The van der Waals surface area contributed by atoms with E-state index in [1.54, 1.807) is 0 Å². The lowest BCUT2D eigenvalue weighted by Crippen LogP contribution is -2.54. The molecule has 0 radical (unpaired) electrons. The van der Waals surface area contributed by atoms with E-state index in [9.17, 15) is 14.4 Å². The van der Waals surface area contributed by atoms with Gasteiger partial charge in [-0.25, -0.2) is 0 Å². The van der Waals surface area contributed by atoms with Gasteiger partial charge in [-0.1, -0.05) is 66.2 Å². The highest BCUT2D eigenvalue weighted by Crippen LogP contribution is 2.25. The van der Waals surface area contributed by atoms with E-state index in [1.807, 2.05) is 88.4 Å². The van der Waals surface area contributed by atoms with Crippen molar-refractivity contribution in [3.63, 3.8) is 0 Å². The molecule has 2 aliphatic heterocycles. The Balaban J connectivity index is 1.17. The second kappa shape index (κ2) is 10.5. The van der Waals surface area contributed by atoms with Gasteiger partial charge in [0.15, 0.2) is 0 Å². The Morgan fingerprint density at radius 1 is 0.778 bits per heavy atom. The molecule has 6 heteroatoms. The largest absolute Gasteiger partial charge is 0.339 e. The van der Waals surface area contributed by atoms with Gasteiger partial charge in [-0.2, -0.15) is 0 Å². The zero-order chi connectivity index (χ0) is 25.1. The Bertz CT molecular complexity index is 1260. The van der Waals surface area contributed by atoms with Crippen LogP contribution < -0.4 is 0 Å². The summed E-state index contributed by atoms with van der Waals surface area (Å²) in [7, 11) is 0. The van der Waals surface area contributed by atoms with Crippen molar-refractivity contribution >= 4 is 28.5 Å². The predicted molar refractivity (Wildman–Crippen MR) is 141 cm³/mol. The molecule has 0 bridgehead atoms. The number of benzene rings is 3. The van der Waals surface area contributed by atoms with E-state index < -0.39 is 0 Å². The van der Waals surface area contributed by atoms with Gasteiger partial charge in [0.25, 0.3) is 5.91 Å². The number of carbonyl (C=O) groups is 3. The van der Waals surface area contributed by atoms with Crippen LogP contribution in [0, 0.1) is 12.8 Å². The van der Waals surface area contributed by atoms with Gasteiger partial charge in [0.2, 0.25) is 11.8 Å². The van der Waals surface area contributed by atoms with Gasteiger partial charge < -0.3 is 14.7 Å². The molecule has 2 aliphatic rings. The number of aryl methyl sites for hydroxylation is 1. The first kappa shape index (κ1) is 24.0. The molecule has 2 heterocycles. The number of amides is 3. The fraction of sp³-hybridized carbons (Fsp3) is 0.367. The van der Waals surface area contributed by atoms with E-state index in [0.717, 1.165) is 29.2 Å². The average Bonchev–Trinajstić information content (AvgIpc) is 2.93. The smallest absolute Gasteiger partial charge is 0.254 e. The highest BCUT2D eigenvalue weighted by molar-refractivity contribution is 6.07. The van der Waals surface area contributed by atoms with Crippen LogP contribution in [0.3, 0.4) is 0 Å². The van der Waals surface area contributed by atoms with Crippen LogP contribution in [-0.2, 0) is 16.0 Å². The molecule has 0 spiro atoms. The van der Waals surface area contributed by atoms with Crippen molar-refractivity contribution in [1.82, 2.24) is 14.7 Å². The summed E-state index contributed by atoms with van der Waals surface area (Å²) in [4.78, 5) is 45.1. The summed E-state index contributed by atoms with van der Waals surface area (Å²) in [6.45, 7) is 5.37. The molecule has 0 aromatic heterocycles. The molecule has 0 saturated carbocycles. The van der Waals surface area contributed by atoms with Gasteiger partial charge in [0, 0.05) is 44.8 Å². The summed E-state index contributed by atoms with van der Waals surface area (Å²) in [5.74, 6) is 0.0230. The van der Waals surface area contributed by atoms with Crippen LogP contribution in [0.5, 0.6) is 0 Å². The van der Waals surface area contributed by atoms with Crippen LogP contribution in [0.15, 0.2) is 66.7 Å². The van der Waals surface area contributed by atoms with Crippen LogP contribution >= 0.6 is 0 Å². The molecule has 1 unspecified atom stereocenters. The molecule has 2 saturated heterocycles. The number of carbonyl (C=O) groups excluding carboxylic acids is 3. The Hall–Kier alpha value is -3.67. The van der Waals surface area contributed by atoms with E-state index in [0.29, 0.717) is 51.3 Å². The van der Waals surface area contributed by atoms with E-state index in [2.05, 4.69) is 0 Å². The summed E-state index contributed by atoms with van der Waals surface area (Å²) in [5.41, 5.74) is 2.89. The molecular formula is C30H33N3O3. The number of piperazine rings is 1. The molecule has 2 fully saturated rings. The molecule has 6 nitrogen and oxygen atoms in total. The molecule has 3 aromatic rings. The molecule has 1 atom stereocenters. The third-order valence-electron chi connectivity index (χ3n) is 7.50. The van der Waals surface area contributed by atoms with Crippen molar-refractivity contribution in [1.29, 1.82) is 0 Å². The molecule has 3 amide bonds. The highest BCUT2D eigenvalue weighted by Gasteiger charge is 2.33. The number of hydrogen-bond donors (Lipinski definition) is 0. The standard InChI is InChI=1S/C30H33N3O3/c1-22-11-13-23(14-12-22)20-28(34)31-16-18-32(19-17-31)29(35)25-8-5-15-33(21-25)30(36)27-10-4-7-24-6-2-3-9-26(24)27/h2-4,6-7,9-14,25H,5,8,15-21H2,1H3. The first-order valence-corrected chi connectivity index (χ1v) is 12.9. The van der Waals surface area contributed by atoms with E-state index in [1.165, 1.54) is 5.56 Å². The maximum atomic E-state index is 13.4. The van der Waals surface area contributed by atoms with Crippen molar-refractivity contribution in [3.05, 3.63) is 83.4 Å². The number of nitrogens with zero attached hydrogens (tertiary/aromatic N) is 3. The summed E-state index contributed by atoms with van der Waals surface area (Å²) >= 11 is 0. The van der Waals surface area contributed by atoms with Crippen LogP contribution in [0.4, 0.5) is 0 Å². The third-order valence-corrected chi connectivity index (χ3v) is 7.50. The van der Waals surface area contributed by atoms with Crippen LogP contribution in [-0.4, -0.2) is 71.7 Å². The summed E-state index contributed by atoms with van der Waals surface area (Å²) in [5, 5.41) is 1.99. The fourth-order valence-corrected chi connectivity index (χ4v) is 5.37. The van der Waals surface area contributed by atoms with Crippen LogP contribution in [0.25, 0.3) is 10.8 Å². The first-order chi connectivity index (χ1) is 17.5. The normalized spacial score (nSPS) is 18.4. The molecule has 5 rings (SSSR count). The van der Waals surface area contributed by atoms with Crippen molar-refractivity contribution in [2.24, 2.45) is 5.92 Å². The SMILES string of the molecule is Cc1ccc(CC(=O)N2CCN(C(=O)C3CCCN(C(=O)c4cccc5ccccc45)C3)CC2)cc1. The van der Waals surface area contributed by atoms with Gasteiger partial charge in [-0.05, 0) is 42.2 Å². The average molecular weight is 484 g/mol. The molecule has 0 N–H and O–H groups in total. The lowest BCUT2D eigenvalue weighted by molar-refractivity contribution is -0.142. The number of rotatable bonds is 4. The predicted octanol–water partition coefficient (Wildman–Crippen LogP) is 3.91. The van der Waals surface area contributed by atoms with Gasteiger partial charge in [-0.3, -0.25) is 14.4 Å². The molecular weight excluding hydrogens is 450 g/mol. The third kappa shape index (κ3) is 5.13. The zero-order valence-corrected chi connectivity index (χ0v) is 20.9. The van der Waals surface area contributed by atoms with Crippen molar-refractivity contribution < 1.29 is 14.4 Å². The molecule has 3 aromatic carbocycles. The minimum Gasteiger partial charge on any atom is -0.339 e. The second-order valence-electron chi connectivity index (χ2n) is 9.99. The summed E-state index contributed by atoms with van der Waals surface area (Å²) in [6.07, 6.45) is 2.01. The highest BCUT2D eigenvalue weighted by atomic mass is 16.2. The number of fused-ring (bicyclic) bond motifs is 1.